The molecule has 2 aromatic heterocycles. The molecule has 0 amide bonds. The van der Waals surface area contributed by atoms with Gasteiger partial charge in [-0.25, -0.2) is 14.6 Å². The molecule has 246 valence electrons. The molecule has 0 radical (unpaired) electrons. The van der Waals surface area contributed by atoms with Crippen LogP contribution in [0.15, 0.2) is 126 Å². The Balaban J connectivity index is 0.000000720. The standard InChI is InChI=1S/C17H16N2.C15H11BrN2.CH5N.Cu.HI.3K.HO4P/c1-2-13-8-6-7-11-15(13)17-18-12-16(19-17)14-9-4-3-5-10-14;16-13-9-5-4-8-12(13)15-17-10-14(18-15)11-6-2-1-3-7-11;1-2;;;;;;1-4-5(2)3/h3-12H,2H2,1H3,(H,18,19);1-10H,(H,17,18);2H2,1H3;;1H;;;;1H/q;;;+1;;;;+1;/p-2. The van der Waals surface area contributed by atoms with Gasteiger partial charge in [-0.05, 0) is 40.8 Å². The van der Waals surface area contributed by atoms with Crippen molar-refractivity contribution >= 4 is 108 Å². The summed E-state index contributed by atoms with van der Waals surface area (Å²) in [5.41, 5.74) is 12.5. The quantitative estimate of drug-likeness (QED) is 0.0755. The van der Waals surface area contributed by atoms with E-state index in [-0.39, 0.29) is 51.4 Å². The number of aromatic amines is 2. The molecule has 6 aromatic rings. The van der Waals surface area contributed by atoms with Crippen molar-refractivity contribution in [1.29, 1.82) is 0 Å². The van der Waals surface area contributed by atoms with E-state index in [1.165, 1.54) is 81.3 Å². The van der Waals surface area contributed by atoms with Crippen LogP contribution in [0.2, 0.25) is 0 Å². The monoisotopic (exact) mass is 979 g/mol. The zero-order valence-corrected chi connectivity index (χ0v) is 42.8. The van der Waals surface area contributed by atoms with E-state index >= 15 is 0 Å². The van der Waals surface area contributed by atoms with Crippen molar-refractivity contribution in [3.05, 3.63) is 132 Å². The maximum atomic E-state index is 8.87. The van der Waals surface area contributed by atoms with E-state index in [0.717, 1.165) is 50.6 Å². The Labute approximate surface area is 404 Å². The van der Waals surface area contributed by atoms with Gasteiger partial charge in [0, 0.05) is 15.6 Å². The second-order valence-electron chi connectivity index (χ2n) is 8.81. The second kappa shape index (κ2) is 32.2. The Morgan fingerprint density at radius 3 is 1.55 bits per heavy atom. The average Bonchev–Trinajstić information content (AvgIpc) is 3.87. The molecule has 0 saturated carbocycles. The molecule has 4 N–H and O–H groups in total. The summed E-state index contributed by atoms with van der Waals surface area (Å²) in [5, 5.41) is 8.53. The molecule has 0 spiro atoms. The summed E-state index contributed by atoms with van der Waals surface area (Å²) < 4.78 is 12.4. The van der Waals surface area contributed by atoms with Gasteiger partial charge in [0.1, 0.15) is 11.6 Å². The van der Waals surface area contributed by atoms with Gasteiger partial charge in [0.15, 0.2) is 0 Å². The average molecular weight is 981 g/mol. The predicted molar refractivity (Wildman–Crippen MR) is 200 cm³/mol. The molecule has 0 aliphatic rings. The van der Waals surface area contributed by atoms with Crippen molar-refractivity contribution < 1.29 is 83.5 Å². The van der Waals surface area contributed by atoms with Crippen LogP contribution in [0.25, 0.3) is 45.3 Å². The van der Waals surface area contributed by atoms with Gasteiger partial charge in [-0.3, -0.25) is 0 Å². The second-order valence-corrected chi connectivity index (χ2v) is 10.3. The van der Waals surface area contributed by atoms with Crippen LogP contribution in [0.4, 0.5) is 0 Å². The predicted octanol–water partition coefficient (Wildman–Crippen LogP) is 3.81. The van der Waals surface area contributed by atoms with Crippen molar-refractivity contribution in [2.75, 3.05) is 7.05 Å². The molecule has 1 unspecified atom stereocenters. The normalized spacial score (nSPS) is 9.53. The Morgan fingerprint density at radius 1 is 0.776 bits per heavy atom. The zero-order chi connectivity index (χ0) is 35.7. The van der Waals surface area contributed by atoms with Crippen LogP contribution in [0.1, 0.15) is 12.5 Å². The number of rotatable bonds is 6. The third kappa shape index (κ3) is 18.9. The van der Waals surface area contributed by atoms with Crippen molar-refractivity contribution in [3.63, 3.8) is 0 Å². The molecule has 0 bridgehead atoms. The Hall–Kier alpha value is 1.88. The SMILES string of the molecule is Brc1ccccc1-c1ncc(-c2ccccc2)[nH]1.CCc1ccccc1-c1ncc(-c2ccccc2)[nH]1.CN.O=[P+]([O-])O[O-].[Cu][I].[K+].[K][K]. The Morgan fingerprint density at radius 2 is 1.14 bits per heavy atom. The number of aromatic nitrogens is 4. The minimum absolute atomic E-state index is 0. The first-order chi connectivity index (χ1) is 23.5. The van der Waals surface area contributed by atoms with E-state index in [9.17, 15) is 0 Å². The number of nitrogens with one attached hydrogen (secondary N) is 2. The topological polar surface area (TPSA) is 156 Å². The minimum atomic E-state index is -3.15. The van der Waals surface area contributed by atoms with E-state index in [0.29, 0.717) is 0 Å². The first kappa shape index (κ1) is 50.9. The summed E-state index contributed by atoms with van der Waals surface area (Å²) >= 11 is 11.9. The first-order valence-corrected chi connectivity index (χ1v) is 35.6. The van der Waals surface area contributed by atoms with Crippen LogP contribution < -0.4 is 67.3 Å². The van der Waals surface area contributed by atoms with Crippen LogP contribution >= 0.6 is 44.5 Å². The fourth-order valence-corrected chi connectivity index (χ4v) is 4.63. The van der Waals surface area contributed by atoms with Gasteiger partial charge >= 0.3 is 156 Å². The number of aryl methyl sites for hydroxylation is 1. The van der Waals surface area contributed by atoms with Crippen molar-refractivity contribution in [1.82, 2.24) is 19.9 Å². The number of nitrogens with zero attached hydrogens (tertiary/aromatic N) is 2. The van der Waals surface area contributed by atoms with Crippen LogP contribution in [-0.4, -0.2) is 90.1 Å². The number of hydrogen-bond donors (Lipinski definition) is 3. The Bertz CT molecular complexity index is 1740. The summed E-state index contributed by atoms with van der Waals surface area (Å²) in [7, 11) is -1.65. The summed E-state index contributed by atoms with van der Waals surface area (Å²) in [5.74, 6) is 1.82. The molecule has 0 saturated heterocycles. The fourth-order valence-electron chi connectivity index (χ4n) is 4.16. The Kier molecular flexibility index (Phi) is 33.4. The zero-order valence-electron chi connectivity index (χ0n) is 27.9. The molecule has 9 nitrogen and oxygen atoms in total. The number of hydrogen-bond acceptors (Lipinski definition) is 7. The van der Waals surface area contributed by atoms with Gasteiger partial charge in [-0.1, -0.05) is 126 Å². The van der Waals surface area contributed by atoms with E-state index in [1.807, 2.05) is 73.1 Å². The third-order valence-electron chi connectivity index (χ3n) is 6.16. The molecule has 6 rings (SSSR count). The van der Waals surface area contributed by atoms with Crippen molar-refractivity contribution in [3.8, 4) is 45.3 Å². The number of benzene rings is 4. The molecule has 0 fully saturated rings. The number of halogens is 2. The summed E-state index contributed by atoms with van der Waals surface area (Å²) in [6.45, 7) is 2.17. The summed E-state index contributed by atoms with van der Waals surface area (Å²) in [4.78, 5) is 24.6. The molecule has 1 atom stereocenters. The number of imidazole rings is 2. The van der Waals surface area contributed by atoms with Gasteiger partial charge in [0.05, 0.1) is 23.8 Å². The van der Waals surface area contributed by atoms with Crippen molar-refractivity contribution in [2.24, 2.45) is 5.73 Å². The molecular formula is C33H32BrCuIK3N5O4P. The van der Waals surface area contributed by atoms with Crippen LogP contribution in [-0.2, 0) is 28.4 Å². The van der Waals surface area contributed by atoms with E-state index in [1.54, 1.807) is 20.3 Å². The molecule has 0 aliphatic carbocycles. The third-order valence-corrected chi connectivity index (χ3v) is 6.98. The van der Waals surface area contributed by atoms with Gasteiger partial charge in [-0.15, -0.1) is 0 Å². The fraction of sp³-hybridized carbons (Fsp3) is 0.0909. The van der Waals surface area contributed by atoms with Gasteiger partial charge < -0.3 is 25.9 Å². The van der Waals surface area contributed by atoms with E-state index in [4.69, 9.17) is 14.7 Å². The summed E-state index contributed by atoms with van der Waals surface area (Å²) in [6.07, 6.45) is 4.78. The molecule has 16 heteroatoms. The van der Waals surface area contributed by atoms with E-state index < -0.39 is 8.25 Å². The number of nitrogens with two attached hydrogens (primary N) is 1. The molecule has 2 heterocycles. The van der Waals surface area contributed by atoms with E-state index in [2.05, 4.69) is 114 Å². The first-order valence-electron chi connectivity index (χ1n) is 14.7. The maximum absolute atomic E-state index is 8.87. The number of H-pyrrole nitrogens is 2. The molecular weight excluding hydrogens is 949 g/mol. The van der Waals surface area contributed by atoms with Crippen molar-refractivity contribution in [2.45, 2.75) is 13.3 Å². The van der Waals surface area contributed by atoms with Crippen LogP contribution in [0.5, 0.6) is 0 Å². The van der Waals surface area contributed by atoms with Crippen LogP contribution in [0, 0.1) is 0 Å². The summed E-state index contributed by atoms with van der Waals surface area (Å²) in [6, 6.07) is 36.9. The molecule has 0 aliphatic heterocycles. The van der Waals surface area contributed by atoms with Gasteiger partial charge in [0.25, 0.3) is 0 Å². The molecule has 4 aromatic carbocycles. The van der Waals surface area contributed by atoms with Gasteiger partial charge in [-0.2, -0.15) is 0 Å². The van der Waals surface area contributed by atoms with Gasteiger partial charge in [0.2, 0.25) is 0 Å². The molecule has 49 heavy (non-hydrogen) atoms. The van der Waals surface area contributed by atoms with Crippen LogP contribution in [0.3, 0.4) is 0 Å².